The van der Waals surface area contributed by atoms with Crippen LogP contribution in [0.25, 0.3) is 0 Å². The summed E-state index contributed by atoms with van der Waals surface area (Å²) < 4.78 is 43.6. The van der Waals surface area contributed by atoms with Crippen LogP contribution in [-0.4, -0.2) is 41.0 Å². The van der Waals surface area contributed by atoms with E-state index in [1.807, 2.05) is 30.3 Å². The Kier molecular flexibility index (Phi) is 12.7. The van der Waals surface area contributed by atoms with Crippen molar-refractivity contribution < 1.29 is 28.2 Å². The first-order chi connectivity index (χ1) is 23.1. The minimum absolute atomic E-state index is 0.101. The Balaban J connectivity index is 1.72. The van der Waals surface area contributed by atoms with Crippen molar-refractivity contribution in [1.82, 2.24) is 4.98 Å². The molecule has 254 valence electrons. The Labute approximate surface area is 280 Å². The van der Waals surface area contributed by atoms with Crippen molar-refractivity contribution in [2.75, 3.05) is 23.3 Å². The van der Waals surface area contributed by atoms with Crippen LogP contribution in [0.2, 0.25) is 0 Å². The van der Waals surface area contributed by atoms with Crippen LogP contribution < -0.4 is 25.4 Å². The molecule has 0 fully saturated rings. The van der Waals surface area contributed by atoms with E-state index in [0.717, 1.165) is 44.3 Å². The smallest absolute Gasteiger partial charge is 0.339 e. The van der Waals surface area contributed by atoms with E-state index in [1.165, 1.54) is 24.3 Å². The summed E-state index contributed by atoms with van der Waals surface area (Å²) in [7, 11) is 0. The van der Waals surface area contributed by atoms with Crippen LogP contribution in [0, 0.1) is 17.0 Å². The van der Waals surface area contributed by atoms with Crippen LogP contribution in [-0.2, 0) is 6.42 Å². The molecule has 1 heterocycles. The van der Waals surface area contributed by atoms with E-state index >= 15 is 8.78 Å². The molecular weight excluding hydrogens is 616 g/mol. The summed E-state index contributed by atoms with van der Waals surface area (Å²) in [5.74, 6) is -5.08. The number of carbonyl (C=O) groups is 1. The molecule has 0 spiro atoms. The number of hydrogen-bond donors (Lipinski definition) is 4. The largest absolute Gasteiger partial charge is 0.478 e. The van der Waals surface area contributed by atoms with E-state index in [4.69, 9.17) is 20.6 Å². The molecule has 4 aromatic rings. The van der Waals surface area contributed by atoms with E-state index < -0.39 is 35.1 Å². The van der Waals surface area contributed by atoms with Crippen LogP contribution >= 0.6 is 0 Å². The zero-order chi connectivity index (χ0) is 34.6. The van der Waals surface area contributed by atoms with Crippen LogP contribution in [0.1, 0.15) is 74.4 Å². The second-order valence-electron chi connectivity index (χ2n) is 11.6. The van der Waals surface area contributed by atoms with Gasteiger partial charge in [-0.1, -0.05) is 69.2 Å². The molecular formula is C37H43F2N5O4. The Bertz CT molecular complexity index is 1700. The summed E-state index contributed by atoms with van der Waals surface area (Å²) in [6.45, 7) is 7.49. The molecule has 11 heteroatoms. The first kappa shape index (κ1) is 35.7. The number of pyridine rings is 1. The molecule has 0 saturated heterocycles. The average Bonchev–Trinajstić information content (AvgIpc) is 3.08. The van der Waals surface area contributed by atoms with Gasteiger partial charge in [0.1, 0.15) is 28.6 Å². The Morgan fingerprint density at radius 2 is 1.62 bits per heavy atom. The van der Waals surface area contributed by atoms with Gasteiger partial charge in [0, 0.05) is 30.4 Å². The highest BCUT2D eigenvalue weighted by Gasteiger charge is 2.26. The summed E-state index contributed by atoms with van der Waals surface area (Å²) >= 11 is 0. The topological polar surface area (TPSA) is 134 Å². The van der Waals surface area contributed by atoms with E-state index in [-0.39, 0.29) is 28.9 Å². The minimum atomic E-state index is -1.27. The van der Waals surface area contributed by atoms with Crippen LogP contribution in [0.3, 0.4) is 0 Å². The van der Waals surface area contributed by atoms with Crippen molar-refractivity contribution >= 4 is 23.2 Å². The number of hydrogen-bond acceptors (Lipinski definition) is 7. The SMILES string of the molecule is CCCCN(CCCC)c1ccc(Oc2nc(Oc3cccc(C(=N)N)c3)c(F)c(NC(C)CCc3ccccc3)c2F)c(C(=O)O)c1. The van der Waals surface area contributed by atoms with Gasteiger partial charge in [0.15, 0.2) is 0 Å². The first-order valence-corrected chi connectivity index (χ1v) is 16.2. The normalized spacial score (nSPS) is 11.5. The number of benzene rings is 3. The Hall–Kier alpha value is -5.19. The van der Waals surface area contributed by atoms with Crippen molar-refractivity contribution in [3.8, 4) is 23.3 Å². The number of nitrogens with zero attached hydrogens (tertiary/aromatic N) is 2. The second kappa shape index (κ2) is 17.1. The van der Waals surface area contributed by atoms with Gasteiger partial charge in [-0.25, -0.2) is 4.79 Å². The van der Waals surface area contributed by atoms with Crippen LogP contribution in [0.4, 0.5) is 20.2 Å². The summed E-state index contributed by atoms with van der Waals surface area (Å²) in [5, 5.41) is 20.7. The molecule has 9 nitrogen and oxygen atoms in total. The first-order valence-electron chi connectivity index (χ1n) is 16.2. The van der Waals surface area contributed by atoms with Gasteiger partial charge in [0.25, 0.3) is 11.8 Å². The van der Waals surface area contributed by atoms with Crippen LogP contribution in [0.5, 0.6) is 23.3 Å². The van der Waals surface area contributed by atoms with E-state index in [9.17, 15) is 9.90 Å². The number of aromatic nitrogens is 1. The molecule has 3 aromatic carbocycles. The summed E-state index contributed by atoms with van der Waals surface area (Å²) in [6.07, 6.45) is 5.05. The predicted octanol–water partition coefficient (Wildman–Crippen LogP) is 8.77. The third-order valence-electron chi connectivity index (χ3n) is 7.81. The lowest BCUT2D eigenvalue weighted by Crippen LogP contribution is -2.25. The molecule has 5 N–H and O–H groups in total. The standard InChI is InChI=1S/C37H43F2N5O4/c1-4-6-20-44(21-7-5-2)27-18-19-30(29(23-27)37(45)46)48-36-32(39)33(42-24(3)16-17-25-12-9-8-10-13-25)31(38)35(43-36)47-28-15-11-14-26(22-28)34(40)41/h8-15,18-19,22-24H,4-7,16-17,20-21H2,1-3H3,(H3,40,41)(H,42,43)(H,45,46). The fourth-order valence-electron chi connectivity index (χ4n) is 5.09. The second-order valence-corrected chi connectivity index (χ2v) is 11.6. The molecule has 48 heavy (non-hydrogen) atoms. The van der Waals surface area contributed by atoms with Crippen molar-refractivity contribution in [2.24, 2.45) is 5.73 Å². The quantitative estimate of drug-likeness (QED) is 0.0615. The van der Waals surface area contributed by atoms with Crippen molar-refractivity contribution in [3.63, 3.8) is 0 Å². The van der Waals surface area contributed by atoms with E-state index in [1.54, 1.807) is 25.1 Å². The molecule has 0 radical (unpaired) electrons. The number of anilines is 2. The number of nitrogens with one attached hydrogen (secondary N) is 2. The number of aromatic carboxylic acids is 1. The number of nitrogen functional groups attached to an aromatic ring is 1. The number of halogens is 2. The molecule has 1 aromatic heterocycles. The van der Waals surface area contributed by atoms with Crippen molar-refractivity contribution in [2.45, 2.75) is 65.3 Å². The van der Waals surface area contributed by atoms with Gasteiger partial charge in [0.2, 0.25) is 11.6 Å². The maximum absolute atomic E-state index is 16.1. The molecule has 0 aliphatic heterocycles. The molecule has 1 unspecified atom stereocenters. The van der Waals surface area contributed by atoms with E-state index in [2.05, 4.69) is 29.0 Å². The molecule has 0 bridgehead atoms. The monoisotopic (exact) mass is 659 g/mol. The van der Waals surface area contributed by atoms with Gasteiger partial charge in [-0.3, -0.25) is 5.41 Å². The van der Waals surface area contributed by atoms with Gasteiger partial charge in [-0.2, -0.15) is 13.8 Å². The zero-order valence-electron chi connectivity index (χ0n) is 27.6. The zero-order valence-corrected chi connectivity index (χ0v) is 27.6. The molecule has 0 aliphatic carbocycles. The highest BCUT2D eigenvalue weighted by Crippen LogP contribution is 2.38. The molecule has 0 saturated carbocycles. The number of nitrogens with two attached hydrogens (primary N) is 1. The third-order valence-corrected chi connectivity index (χ3v) is 7.81. The maximum atomic E-state index is 16.1. The number of ether oxygens (including phenoxy) is 2. The lowest BCUT2D eigenvalue weighted by molar-refractivity contribution is 0.0694. The maximum Gasteiger partial charge on any atom is 0.339 e. The predicted molar refractivity (Wildman–Crippen MR) is 185 cm³/mol. The summed E-state index contributed by atoms with van der Waals surface area (Å²) in [6, 6.07) is 20.1. The van der Waals surface area contributed by atoms with Gasteiger partial charge in [-0.15, -0.1) is 0 Å². The highest BCUT2D eigenvalue weighted by molar-refractivity contribution is 5.95. The fraction of sp³-hybridized carbons (Fsp3) is 0.324. The summed E-state index contributed by atoms with van der Waals surface area (Å²) in [5.41, 5.74) is 7.00. The number of aryl methyl sites for hydroxylation is 1. The molecule has 4 rings (SSSR count). The Morgan fingerprint density at radius 3 is 2.25 bits per heavy atom. The van der Waals surface area contributed by atoms with Gasteiger partial charge in [-0.05, 0) is 68.5 Å². The number of carboxylic acid groups (broad SMARTS) is 1. The minimum Gasteiger partial charge on any atom is -0.478 e. The lowest BCUT2D eigenvalue weighted by atomic mass is 10.1. The van der Waals surface area contributed by atoms with E-state index in [0.29, 0.717) is 24.1 Å². The third kappa shape index (κ3) is 9.43. The lowest BCUT2D eigenvalue weighted by Gasteiger charge is -2.25. The molecule has 0 amide bonds. The van der Waals surface area contributed by atoms with Crippen molar-refractivity contribution in [1.29, 1.82) is 5.41 Å². The number of unbranched alkanes of at least 4 members (excludes halogenated alkanes) is 2. The summed E-state index contributed by atoms with van der Waals surface area (Å²) in [4.78, 5) is 18.6. The van der Waals surface area contributed by atoms with Gasteiger partial charge in [0.05, 0.1) is 0 Å². The number of carboxylic acids is 1. The number of rotatable bonds is 18. The average molecular weight is 660 g/mol. The molecule has 1 atom stereocenters. The van der Waals surface area contributed by atoms with Gasteiger partial charge < -0.3 is 30.5 Å². The van der Waals surface area contributed by atoms with Crippen molar-refractivity contribution in [3.05, 3.63) is 101 Å². The van der Waals surface area contributed by atoms with Gasteiger partial charge >= 0.3 is 5.97 Å². The fourth-order valence-corrected chi connectivity index (χ4v) is 5.09. The molecule has 0 aliphatic rings. The highest BCUT2D eigenvalue weighted by atomic mass is 19.1. The van der Waals surface area contributed by atoms with Crippen LogP contribution in [0.15, 0.2) is 72.8 Å². The Morgan fingerprint density at radius 1 is 0.958 bits per heavy atom. The number of amidine groups is 1.